The molecule has 0 aromatic heterocycles. The van der Waals surface area contributed by atoms with Gasteiger partial charge in [-0.15, -0.1) is 6.58 Å². The Balaban J connectivity index is 0.000000574. The molecule has 0 spiro atoms. The van der Waals surface area contributed by atoms with E-state index in [4.69, 9.17) is 5.11 Å². The lowest BCUT2D eigenvalue weighted by molar-refractivity contribution is 0.440. The molecule has 0 heterocycles. The third kappa shape index (κ3) is 20.0. The summed E-state index contributed by atoms with van der Waals surface area (Å²) in [7, 11) is 0. The van der Waals surface area contributed by atoms with E-state index in [1.165, 1.54) is 101 Å². The molecule has 0 fully saturated rings. The van der Waals surface area contributed by atoms with Gasteiger partial charge in [-0.2, -0.15) is 0 Å². The molecule has 2 aromatic rings. The molecule has 0 saturated heterocycles. The van der Waals surface area contributed by atoms with E-state index < -0.39 is 0 Å². The van der Waals surface area contributed by atoms with Crippen LogP contribution in [0.5, 0.6) is 11.5 Å². The number of para-hydroxylation sites is 1. The van der Waals surface area contributed by atoms with Gasteiger partial charge in [0.25, 0.3) is 0 Å². The number of benzene rings is 2. The van der Waals surface area contributed by atoms with Gasteiger partial charge in [-0.3, -0.25) is 0 Å². The Morgan fingerprint density at radius 2 is 1.08 bits per heavy atom. The first-order valence-corrected chi connectivity index (χ1v) is 14.4. The molecule has 0 aliphatic rings. The zero-order valence-corrected chi connectivity index (χ0v) is 24.2. The fourth-order valence-electron chi connectivity index (χ4n) is 4.04. The number of unbranched alkanes of at least 4 members (excludes halogenated alkanes) is 10. The lowest BCUT2D eigenvalue weighted by Gasteiger charge is -2.25. The lowest BCUT2D eigenvalue weighted by Crippen LogP contribution is -2.16. The fourth-order valence-corrected chi connectivity index (χ4v) is 4.04. The van der Waals surface area contributed by atoms with Gasteiger partial charge in [-0.05, 0) is 61.4 Å². The molecule has 2 rings (SSSR count). The highest BCUT2D eigenvalue weighted by atomic mass is 16.3. The van der Waals surface area contributed by atoms with Crippen molar-refractivity contribution in [2.75, 3.05) is 0 Å². The number of phenolic OH excluding ortho intramolecular Hbond substituents is 2. The van der Waals surface area contributed by atoms with E-state index in [0.717, 1.165) is 0 Å². The predicted octanol–water partition coefficient (Wildman–Crippen LogP) is 11.1. The highest BCUT2D eigenvalue weighted by Gasteiger charge is 2.19. The van der Waals surface area contributed by atoms with Crippen LogP contribution in [0.15, 0.2) is 66.7 Å². The molecule has 204 valence electrons. The minimum absolute atomic E-state index is 0.221. The minimum atomic E-state index is 0.221. The Bertz CT molecular complexity index is 747. The van der Waals surface area contributed by atoms with Crippen molar-refractivity contribution in [3.8, 4) is 11.5 Å². The van der Waals surface area contributed by atoms with Crippen molar-refractivity contribution in [1.29, 1.82) is 0 Å². The van der Waals surface area contributed by atoms with Crippen molar-refractivity contribution in [2.45, 2.75) is 130 Å². The molecule has 36 heavy (non-hydrogen) atoms. The van der Waals surface area contributed by atoms with E-state index in [-0.39, 0.29) is 5.41 Å². The molecular weight excluding hydrogens is 440 g/mol. The Morgan fingerprint density at radius 1 is 0.639 bits per heavy atom. The summed E-state index contributed by atoms with van der Waals surface area (Å²) in [6.45, 7) is 15.1. The second-order valence-corrected chi connectivity index (χ2v) is 10.8. The molecule has 0 aliphatic heterocycles. The average Bonchev–Trinajstić information content (AvgIpc) is 2.85. The highest BCUT2D eigenvalue weighted by molar-refractivity contribution is 5.30. The molecular formula is C34H56O2. The summed E-state index contributed by atoms with van der Waals surface area (Å²) in [5.74, 6) is 0.677. The summed E-state index contributed by atoms with van der Waals surface area (Å²) < 4.78 is 0. The minimum Gasteiger partial charge on any atom is -0.508 e. The van der Waals surface area contributed by atoms with Crippen molar-refractivity contribution in [3.63, 3.8) is 0 Å². The van der Waals surface area contributed by atoms with Gasteiger partial charge in [0, 0.05) is 0 Å². The van der Waals surface area contributed by atoms with Crippen LogP contribution >= 0.6 is 0 Å². The first kappa shape index (κ1) is 33.8. The van der Waals surface area contributed by atoms with E-state index in [2.05, 4.69) is 41.2 Å². The monoisotopic (exact) mass is 496 g/mol. The van der Waals surface area contributed by atoms with Crippen molar-refractivity contribution >= 4 is 0 Å². The molecule has 0 radical (unpaired) electrons. The van der Waals surface area contributed by atoms with E-state index in [1.54, 1.807) is 36.4 Å². The molecule has 2 aromatic carbocycles. The van der Waals surface area contributed by atoms with Crippen LogP contribution in [0.3, 0.4) is 0 Å². The number of phenols is 2. The van der Waals surface area contributed by atoms with Gasteiger partial charge >= 0.3 is 0 Å². The molecule has 2 N–H and O–H groups in total. The zero-order chi connectivity index (χ0) is 27.1. The average molecular weight is 497 g/mol. The molecule has 2 heteroatoms. The van der Waals surface area contributed by atoms with Crippen LogP contribution in [-0.2, 0) is 5.41 Å². The maximum Gasteiger partial charge on any atom is 0.115 e. The van der Waals surface area contributed by atoms with Crippen LogP contribution in [0.2, 0.25) is 0 Å². The second-order valence-electron chi connectivity index (χ2n) is 10.8. The largest absolute Gasteiger partial charge is 0.508 e. The first-order chi connectivity index (χ1) is 17.2. The topological polar surface area (TPSA) is 40.5 Å². The Labute approximate surface area is 223 Å². The second kappa shape index (κ2) is 22.0. The molecule has 2 nitrogen and oxygen atoms in total. The van der Waals surface area contributed by atoms with Crippen LogP contribution < -0.4 is 0 Å². The van der Waals surface area contributed by atoms with Gasteiger partial charge in [0.15, 0.2) is 0 Å². The van der Waals surface area contributed by atoms with Crippen molar-refractivity contribution < 1.29 is 10.2 Å². The molecule has 0 atom stereocenters. The highest BCUT2D eigenvalue weighted by Crippen LogP contribution is 2.30. The van der Waals surface area contributed by atoms with Crippen molar-refractivity contribution in [1.82, 2.24) is 0 Å². The standard InChI is InChI=1S/C17H28O.C11H22.C6H6O/c1-4-5-6-7-8-9-14-17(2,3)15-10-12-16(18)13-11-15;1-4-5-6-7-8-9-10-11(2)3;7-6-4-2-1-3-5-6/h10-13,18H,4-9,14H2,1-3H3;2,4-10H2,1,3H3;1-5,7H. The van der Waals surface area contributed by atoms with Gasteiger partial charge in [0.05, 0.1) is 0 Å². The number of allylic oxidation sites excluding steroid dienone is 1. The number of rotatable bonds is 15. The summed E-state index contributed by atoms with van der Waals surface area (Å²) in [6.07, 6.45) is 18.9. The SMILES string of the molecule is C=C(C)CCCCCCCC.CCCCCCCCC(C)(C)c1ccc(O)cc1.Oc1ccccc1. The van der Waals surface area contributed by atoms with Gasteiger partial charge in [0.1, 0.15) is 11.5 Å². The van der Waals surface area contributed by atoms with Gasteiger partial charge in [-0.25, -0.2) is 0 Å². The van der Waals surface area contributed by atoms with Crippen molar-refractivity contribution in [3.05, 3.63) is 72.3 Å². The lowest BCUT2D eigenvalue weighted by atomic mass is 9.80. The summed E-state index contributed by atoms with van der Waals surface area (Å²) in [5, 5.41) is 18.0. The molecule has 0 aliphatic carbocycles. The molecule has 0 amide bonds. The van der Waals surface area contributed by atoms with Crippen LogP contribution in [0.1, 0.15) is 130 Å². The molecule has 0 unspecified atom stereocenters. The Hall–Kier alpha value is -2.22. The van der Waals surface area contributed by atoms with E-state index in [1.807, 2.05) is 18.2 Å². The van der Waals surface area contributed by atoms with Crippen LogP contribution in [-0.4, -0.2) is 10.2 Å². The summed E-state index contributed by atoms with van der Waals surface area (Å²) >= 11 is 0. The number of hydrogen-bond acceptors (Lipinski definition) is 2. The van der Waals surface area contributed by atoms with E-state index in [9.17, 15) is 5.11 Å². The fraction of sp³-hybridized carbons (Fsp3) is 0.588. The third-order valence-corrected chi connectivity index (χ3v) is 6.52. The quantitative estimate of drug-likeness (QED) is 0.190. The summed E-state index contributed by atoms with van der Waals surface area (Å²) in [5.41, 5.74) is 2.88. The van der Waals surface area contributed by atoms with Gasteiger partial charge in [-0.1, -0.05) is 134 Å². The Morgan fingerprint density at radius 3 is 1.53 bits per heavy atom. The van der Waals surface area contributed by atoms with Crippen LogP contribution in [0.4, 0.5) is 0 Å². The third-order valence-electron chi connectivity index (χ3n) is 6.52. The summed E-state index contributed by atoms with van der Waals surface area (Å²) in [6, 6.07) is 16.4. The van der Waals surface area contributed by atoms with Crippen LogP contribution in [0.25, 0.3) is 0 Å². The van der Waals surface area contributed by atoms with E-state index >= 15 is 0 Å². The molecule has 0 bridgehead atoms. The number of aromatic hydroxyl groups is 2. The maximum atomic E-state index is 9.32. The zero-order valence-electron chi connectivity index (χ0n) is 24.2. The van der Waals surface area contributed by atoms with Gasteiger partial charge < -0.3 is 10.2 Å². The van der Waals surface area contributed by atoms with Gasteiger partial charge in [0.2, 0.25) is 0 Å². The molecule has 0 saturated carbocycles. The van der Waals surface area contributed by atoms with Crippen molar-refractivity contribution in [2.24, 2.45) is 0 Å². The first-order valence-electron chi connectivity index (χ1n) is 14.4. The van der Waals surface area contributed by atoms with E-state index in [0.29, 0.717) is 11.5 Å². The normalized spacial score (nSPS) is 10.6. The predicted molar refractivity (Wildman–Crippen MR) is 160 cm³/mol. The maximum absolute atomic E-state index is 9.32. The smallest absolute Gasteiger partial charge is 0.115 e. The van der Waals surface area contributed by atoms with Crippen LogP contribution in [0, 0.1) is 0 Å². The Kier molecular flexibility index (Phi) is 20.7. The summed E-state index contributed by atoms with van der Waals surface area (Å²) in [4.78, 5) is 0. The number of hydrogen-bond donors (Lipinski definition) is 2.